The molecule has 0 saturated carbocycles. The van der Waals surface area contributed by atoms with Crippen molar-refractivity contribution in [3.8, 4) is 5.75 Å². The Kier molecular flexibility index (Phi) is 10.7. The molecular formula is C20H27ClN4O4. The van der Waals surface area contributed by atoms with Gasteiger partial charge in [-0.1, -0.05) is 18.2 Å². The average molecular weight is 423 g/mol. The van der Waals surface area contributed by atoms with Gasteiger partial charge < -0.3 is 25.8 Å². The number of nitrogens with zero attached hydrogens (tertiary/aromatic N) is 1. The quantitative estimate of drug-likeness (QED) is 0.431. The third-order valence-electron chi connectivity index (χ3n) is 3.93. The van der Waals surface area contributed by atoms with Crippen molar-refractivity contribution in [3.63, 3.8) is 0 Å². The molecule has 8 nitrogen and oxygen atoms in total. The zero-order valence-electron chi connectivity index (χ0n) is 16.5. The molecule has 4 N–H and O–H groups in total. The Morgan fingerprint density at radius 2 is 1.90 bits per heavy atom. The van der Waals surface area contributed by atoms with Crippen molar-refractivity contribution in [3.05, 3.63) is 53.7 Å². The minimum Gasteiger partial charge on any atom is -0.492 e. The van der Waals surface area contributed by atoms with Crippen molar-refractivity contribution < 1.29 is 19.4 Å². The van der Waals surface area contributed by atoms with Gasteiger partial charge in [-0.25, -0.2) is 4.98 Å². The van der Waals surface area contributed by atoms with E-state index in [4.69, 9.17) is 4.74 Å². The van der Waals surface area contributed by atoms with E-state index in [2.05, 4.69) is 20.9 Å². The molecule has 0 bridgehead atoms. The van der Waals surface area contributed by atoms with Gasteiger partial charge in [0.2, 0.25) is 11.8 Å². The topological polar surface area (TPSA) is 113 Å². The van der Waals surface area contributed by atoms with Crippen LogP contribution < -0.4 is 20.7 Å². The number of ether oxygens (including phenoxy) is 1. The Labute approximate surface area is 176 Å². The molecule has 2 aromatic rings. The lowest BCUT2D eigenvalue weighted by atomic mass is 10.1. The first-order chi connectivity index (χ1) is 13.5. The summed E-state index contributed by atoms with van der Waals surface area (Å²) >= 11 is 0. The van der Waals surface area contributed by atoms with E-state index >= 15 is 0 Å². The molecule has 2 amide bonds. The first-order valence-electron chi connectivity index (χ1n) is 9.02. The lowest BCUT2D eigenvalue weighted by Crippen LogP contribution is -2.26. The van der Waals surface area contributed by atoms with Gasteiger partial charge in [-0.3, -0.25) is 9.59 Å². The second kappa shape index (κ2) is 12.7. The van der Waals surface area contributed by atoms with Gasteiger partial charge in [-0.05, 0) is 23.8 Å². The summed E-state index contributed by atoms with van der Waals surface area (Å²) in [6.45, 7) is 2.78. The maximum absolute atomic E-state index is 11.3. The summed E-state index contributed by atoms with van der Waals surface area (Å²) in [6.07, 6.45) is 1.17. The number of anilines is 1. The van der Waals surface area contributed by atoms with Crippen LogP contribution in [0.1, 0.15) is 24.2 Å². The zero-order chi connectivity index (χ0) is 20.4. The van der Waals surface area contributed by atoms with Crippen LogP contribution in [0.4, 0.5) is 5.82 Å². The minimum absolute atomic E-state index is 0. The number of aliphatic hydroxyl groups is 1. The van der Waals surface area contributed by atoms with Crippen LogP contribution in [-0.4, -0.2) is 48.6 Å². The maximum Gasteiger partial charge on any atom is 0.224 e. The van der Waals surface area contributed by atoms with Crippen LogP contribution in [0, 0.1) is 0 Å². The number of aromatic nitrogens is 1. The SMILES string of the molecule is CNC(=O)Cc1ccc(OCCNC[C@H](O)c2ccc(NC(C)=O)nc2)cc1.Cl. The van der Waals surface area contributed by atoms with E-state index < -0.39 is 6.10 Å². The predicted molar refractivity (Wildman–Crippen MR) is 113 cm³/mol. The van der Waals surface area contributed by atoms with Crippen LogP contribution in [0.5, 0.6) is 5.75 Å². The van der Waals surface area contributed by atoms with Crippen molar-refractivity contribution in [1.82, 2.24) is 15.6 Å². The van der Waals surface area contributed by atoms with E-state index in [0.717, 1.165) is 11.3 Å². The molecule has 0 fully saturated rings. The van der Waals surface area contributed by atoms with Gasteiger partial charge in [0.25, 0.3) is 0 Å². The van der Waals surface area contributed by atoms with Crippen LogP contribution >= 0.6 is 12.4 Å². The van der Waals surface area contributed by atoms with Crippen molar-refractivity contribution in [2.75, 3.05) is 32.1 Å². The van der Waals surface area contributed by atoms with Crippen molar-refractivity contribution >= 4 is 30.0 Å². The second-order valence-corrected chi connectivity index (χ2v) is 6.22. The van der Waals surface area contributed by atoms with Gasteiger partial charge in [0.05, 0.1) is 12.5 Å². The third-order valence-corrected chi connectivity index (χ3v) is 3.93. The molecule has 0 aliphatic rings. The molecule has 0 radical (unpaired) electrons. The standard InChI is InChI=1S/C20H26N4O4.ClH/c1-14(25)24-19-8-5-16(12-23-19)18(26)13-22-9-10-28-17-6-3-15(4-7-17)11-20(27)21-2;/h3-8,12,18,22,26H,9-11,13H2,1-2H3,(H,21,27)(H,23,24,25);1H/t18-;/m0./s1. The van der Waals surface area contributed by atoms with Crippen molar-refractivity contribution in [1.29, 1.82) is 0 Å². The number of rotatable bonds is 10. The predicted octanol–water partition coefficient (Wildman–Crippen LogP) is 1.45. The Balaban J connectivity index is 0.00000420. The number of carbonyl (C=O) groups is 2. The molecule has 0 aliphatic heterocycles. The smallest absolute Gasteiger partial charge is 0.224 e. The molecule has 1 heterocycles. The van der Waals surface area contributed by atoms with Gasteiger partial charge in [-0.15, -0.1) is 12.4 Å². The summed E-state index contributed by atoms with van der Waals surface area (Å²) in [5.41, 5.74) is 1.58. The number of carbonyl (C=O) groups excluding carboxylic acids is 2. The van der Waals surface area contributed by atoms with E-state index in [0.29, 0.717) is 37.5 Å². The zero-order valence-corrected chi connectivity index (χ0v) is 17.3. The molecule has 1 aromatic carbocycles. The Morgan fingerprint density at radius 3 is 2.48 bits per heavy atom. The molecule has 29 heavy (non-hydrogen) atoms. The fourth-order valence-corrected chi connectivity index (χ4v) is 2.43. The number of pyridine rings is 1. The van der Waals surface area contributed by atoms with E-state index in [-0.39, 0.29) is 24.2 Å². The Bertz CT molecular complexity index is 769. The molecule has 158 valence electrons. The molecule has 0 saturated heterocycles. The molecule has 9 heteroatoms. The Hall–Kier alpha value is -2.68. The highest BCUT2D eigenvalue weighted by Gasteiger charge is 2.08. The maximum atomic E-state index is 11.3. The molecule has 1 aromatic heterocycles. The summed E-state index contributed by atoms with van der Waals surface area (Å²) in [7, 11) is 1.61. The lowest BCUT2D eigenvalue weighted by molar-refractivity contribution is -0.120. The number of hydrogen-bond donors (Lipinski definition) is 4. The van der Waals surface area contributed by atoms with E-state index in [1.165, 1.54) is 13.1 Å². The lowest BCUT2D eigenvalue weighted by Gasteiger charge is -2.13. The first-order valence-corrected chi connectivity index (χ1v) is 9.02. The monoisotopic (exact) mass is 422 g/mol. The van der Waals surface area contributed by atoms with Crippen molar-refractivity contribution in [2.24, 2.45) is 0 Å². The summed E-state index contributed by atoms with van der Waals surface area (Å²) in [5, 5.41) is 18.5. The summed E-state index contributed by atoms with van der Waals surface area (Å²) in [5.74, 6) is 0.951. The highest BCUT2D eigenvalue weighted by molar-refractivity contribution is 5.87. The highest BCUT2D eigenvalue weighted by atomic mass is 35.5. The number of nitrogens with one attached hydrogen (secondary N) is 3. The molecule has 0 unspecified atom stereocenters. The van der Waals surface area contributed by atoms with Gasteiger partial charge in [0.15, 0.2) is 0 Å². The van der Waals surface area contributed by atoms with Crippen LogP contribution in [0.3, 0.4) is 0 Å². The molecular weight excluding hydrogens is 396 g/mol. The van der Waals surface area contributed by atoms with Gasteiger partial charge in [0, 0.05) is 38.8 Å². The van der Waals surface area contributed by atoms with Crippen LogP contribution in [0.15, 0.2) is 42.6 Å². The fraction of sp³-hybridized carbons (Fsp3) is 0.350. The Morgan fingerprint density at radius 1 is 1.17 bits per heavy atom. The number of amides is 2. The fourth-order valence-electron chi connectivity index (χ4n) is 2.43. The van der Waals surface area contributed by atoms with E-state index in [1.807, 2.05) is 24.3 Å². The first kappa shape index (κ1) is 24.4. The molecule has 1 atom stereocenters. The average Bonchev–Trinajstić information content (AvgIpc) is 2.68. The van der Waals surface area contributed by atoms with Gasteiger partial charge >= 0.3 is 0 Å². The number of benzene rings is 1. The second-order valence-electron chi connectivity index (χ2n) is 6.22. The van der Waals surface area contributed by atoms with E-state index in [1.54, 1.807) is 19.2 Å². The number of likely N-dealkylation sites (N-methyl/N-ethyl adjacent to an activating group) is 1. The number of hydrogen-bond acceptors (Lipinski definition) is 6. The van der Waals surface area contributed by atoms with Gasteiger partial charge in [0.1, 0.15) is 18.2 Å². The molecule has 0 aliphatic carbocycles. The summed E-state index contributed by atoms with van der Waals surface area (Å²) in [6, 6.07) is 10.8. The number of halogens is 1. The minimum atomic E-state index is -0.706. The van der Waals surface area contributed by atoms with E-state index in [9.17, 15) is 14.7 Å². The number of aliphatic hydroxyl groups excluding tert-OH is 1. The molecule has 2 rings (SSSR count). The molecule has 0 spiro atoms. The van der Waals surface area contributed by atoms with Crippen LogP contribution in [0.2, 0.25) is 0 Å². The largest absolute Gasteiger partial charge is 0.492 e. The van der Waals surface area contributed by atoms with Crippen LogP contribution in [0.25, 0.3) is 0 Å². The van der Waals surface area contributed by atoms with Crippen molar-refractivity contribution in [2.45, 2.75) is 19.4 Å². The summed E-state index contributed by atoms with van der Waals surface area (Å²) in [4.78, 5) is 26.4. The highest BCUT2D eigenvalue weighted by Crippen LogP contribution is 2.14. The van der Waals surface area contributed by atoms with Crippen LogP contribution in [-0.2, 0) is 16.0 Å². The van der Waals surface area contributed by atoms with Gasteiger partial charge in [-0.2, -0.15) is 0 Å². The summed E-state index contributed by atoms with van der Waals surface area (Å²) < 4.78 is 5.64. The third kappa shape index (κ3) is 8.91. The normalized spacial score (nSPS) is 11.1.